The fourth-order valence-corrected chi connectivity index (χ4v) is 2.25. The quantitative estimate of drug-likeness (QED) is 0.903. The van der Waals surface area contributed by atoms with Gasteiger partial charge in [0.1, 0.15) is 17.0 Å². The maximum Gasteiger partial charge on any atom is 0.252 e. The largest absolute Gasteiger partial charge is 0.484 e. The van der Waals surface area contributed by atoms with Crippen molar-refractivity contribution in [3.8, 4) is 11.8 Å². The third kappa shape index (κ3) is 3.64. The average Bonchev–Trinajstić information content (AvgIpc) is 2.36. The van der Waals surface area contributed by atoms with E-state index in [1.807, 2.05) is 27.9 Å². The molecule has 21 heavy (non-hydrogen) atoms. The van der Waals surface area contributed by atoms with Gasteiger partial charge in [0.2, 0.25) is 0 Å². The summed E-state index contributed by atoms with van der Waals surface area (Å²) in [4.78, 5) is 13.8. The van der Waals surface area contributed by atoms with Gasteiger partial charge in [0.15, 0.2) is 0 Å². The van der Waals surface area contributed by atoms with Crippen molar-refractivity contribution >= 4 is 11.6 Å². The standard InChI is InChI=1S/C15H20N4O2/c1-15(2)10-19(17-14(20)9-18(3)4)12-7-11(8-16)5-6-13(12)21-15/h5-7H,9-10H2,1-4H3,(H,17,20). The topological polar surface area (TPSA) is 68.6 Å². The van der Waals surface area contributed by atoms with Crippen LogP contribution in [0.5, 0.6) is 5.75 Å². The zero-order chi connectivity index (χ0) is 15.6. The molecule has 1 aromatic rings. The number of nitrogens with zero attached hydrogens (tertiary/aromatic N) is 3. The highest BCUT2D eigenvalue weighted by molar-refractivity contribution is 5.80. The Morgan fingerprint density at radius 2 is 2.24 bits per heavy atom. The van der Waals surface area contributed by atoms with Crippen molar-refractivity contribution < 1.29 is 9.53 Å². The van der Waals surface area contributed by atoms with Crippen LogP contribution in [0.3, 0.4) is 0 Å². The molecule has 0 radical (unpaired) electrons. The summed E-state index contributed by atoms with van der Waals surface area (Å²) in [5.41, 5.74) is 3.69. The predicted molar refractivity (Wildman–Crippen MR) is 79.9 cm³/mol. The lowest BCUT2D eigenvalue weighted by Crippen LogP contribution is -2.55. The molecular weight excluding hydrogens is 268 g/mol. The first-order valence-corrected chi connectivity index (χ1v) is 6.76. The van der Waals surface area contributed by atoms with Gasteiger partial charge < -0.3 is 9.64 Å². The van der Waals surface area contributed by atoms with Gasteiger partial charge in [-0.05, 0) is 46.1 Å². The molecule has 6 nitrogen and oxygen atoms in total. The molecular formula is C15H20N4O2. The first-order chi connectivity index (χ1) is 9.80. The summed E-state index contributed by atoms with van der Waals surface area (Å²) < 4.78 is 5.90. The molecule has 0 bridgehead atoms. The molecule has 0 saturated carbocycles. The third-order valence-corrected chi connectivity index (χ3v) is 3.02. The number of hydrogen-bond donors (Lipinski definition) is 1. The molecule has 1 heterocycles. The van der Waals surface area contributed by atoms with Gasteiger partial charge >= 0.3 is 0 Å². The fraction of sp³-hybridized carbons (Fsp3) is 0.467. The van der Waals surface area contributed by atoms with Gasteiger partial charge in [0, 0.05) is 0 Å². The van der Waals surface area contributed by atoms with Crippen LogP contribution in [-0.4, -0.2) is 43.6 Å². The number of hydrazine groups is 1. The van der Waals surface area contributed by atoms with Crippen LogP contribution in [0.1, 0.15) is 19.4 Å². The Balaban J connectivity index is 2.29. The zero-order valence-corrected chi connectivity index (χ0v) is 12.8. The SMILES string of the molecule is CN(C)CC(=O)NN1CC(C)(C)Oc2ccc(C#N)cc21. The van der Waals surface area contributed by atoms with Crippen LogP contribution in [0.2, 0.25) is 0 Å². The van der Waals surface area contributed by atoms with Gasteiger partial charge in [0.05, 0.1) is 24.7 Å². The van der Waals surface area contributed by atoms with Gasteiger partial charge in [-0.15, -0.1) is 0 Å². The molecule has 0 atom stereocenters. The van der Waals surface area contributed by atoms with Crippen molar-refractivity contribution in [2.45, 2.75) is 19.4 Å². The van der Waals surface area contributed by atoms with E-state index < -0.39 is 5.60 Å². The second-order valence-corrected chi connectivity index (χ2v) is 6.01. The number of hydrogen-bond acceptors (Lipinski definition) is 5. The van der Waals surface area contributed by atoms with E-state index in [-0.39, 0.29) is 5.91 Å². The normalized spacial score (nSPS) is 15.9. The van der Waals surface area contributed by atoms with E-state index in [1.165, 1.54) is 0 Å². The molecule has 0 aliphatic carbocycles. The average molecular weight is 288 g/mol. The Labute approximate surface area is 124 Å². The first kappa shape index (κ1) is 15.1. The molecule has 0 aromatic heterocycles. The first-order valence-electron chi connectivity index (χ1n) is 6.76. The van der Waals surface area contributed by atoms with E-state index in [9.17, 15) is 4.79 Å². The number of carbonyl (C=O) groups excluding carboxylic acids is 1. The second-order valence-electron chi connectivity index (χ2n) is 6.01. The zero-order valence-electron chi connectivity index (χ0n) is 12.8. The van der Waals surface area contributed by atoms with E-state index in [0.717, 1.165) is 0 Å². The summed E-state index contributed by atoms with van der Waals surface area (Å²) in [5, 5.41) is 10.8. The molecule has 0 spiro atoms. The summed E-state index contributed by atoms with van der Waals surface area (Å²) in [6, 6.07) is 7.30. The Hall–Kier alpha value is -2.26. The van der Waals surface area contributed by atoms with Crippen LogP contribution in [0.15, 0.2) is 18.2 Å². The molecule has 1 aromatic carbocycles. The molecule has 1 aliphatic heterocycles. The Kier molecular flexibility index (Phi) is 4.05. The van der Waals surface area contributed by atoms with Crippen LogP contribution >= 0.6 is 0 Å². The van der Waals surface area contributed by atoms with E-state index in [2.05, 4.69) is 11.5 Å². The van der Waals surface area contributed by atoms with E-state index >= 15 is 0 Å². The summed E-state index contributed by atoms with van der Waals surface area (Å²) in [5.74, 6) is 0.557. The highest BCUT2D eigenvalue weighted by Crippen LogP contribution is 2.36. The lowest BCUT2D eigenvalue weighted by molar-refractivity contribution is -0.122. The number of amides is 1. The van der Waals surface area contributed by atoms with Crippen LogP contribution in [-0.2, 0) is 4.79 Å². The minimum atomic E-state index is -0.424. The molecule has 6 heteroatoms. The molecule has 1 N–H and O–H groups in total. The van der Waals surface area contributed by atoms with Crippen LogP contribution in [0, 0.1) is 11.3 Å². The Morgan fingerprint density at radius 1 is 1.52 bits per heavy atom. The summed E-state index contributed by atoms with van der Waals surface area (Å²) >= 11 is 0. The van der Waals surface area contributed by atoms with Crippen LogP contribution in [0.25, 0.3) is 0 Å². The fourth-order valence-electron chi connectivity index (χ4n) is 2.25. The molecule has 0 unspecified atom stereocenters. The number of fused-ring (bicyclic) bond motifs is 1. The molecule has 112 valence electrons. The van der Waals surface area contributed by atoms with Crippen LogP contribution < -0.4 is 15.2 Å². The van der Waals surface area contributed by atoms with Crippen molar-refractivity contribution in [3.05, 3.63) is 23.8 Å². The highest BCUT2D eigenvalue weighted by atomic mass is 16.5. The van der Waals surface area contributed by atoms with Gasteiger partial charge in [-0.3, -0.25) is 15.2 Å². The van der Waals surface area contributed by atoms with Crippen LogP contribution in [0.4, 0.5) is 5.69 Å². The summed E-state index contributed by atoms with van der Waals surface area (Å²) in [6.45, 7) is 4.72. The minimum Gasteiger partial charge on any atom is -0.484 e. The molecule has 1 aliphatic rings. The molecule has 0 saturated heterocycles. The van der Waals surface area contributed by atoms with Gasteiger partial charge in [-0.25, -0.2) is 0 Å². The van der Waals surface area contributed by atoms with E-state index in [4.69, 9.17) is 10.00 Å². The number of likely N-dealkylation sites (N-methyl/N-ethyl adjacent to an activating group) is 1. The number of ether oxygens (including phenoxy) is 1. The van der Waals surface area contributed by atoms with Gasteiger partial charge in [-0.2, -0.15) is 5.26 Å². The number of anilines is 1. The number of benzene rings is 1. The van der Waals surface area contributed by atoms with Gasteiger partial charge in [0.25, 0.3) is 5.91 Å². The number of carbonyl (C=O) groups is 1. The maximum absolute atomic E-state index is 12.0. The van der Waals surface area contributed by atoms with Crippen molar-refractivity contribution in [2.75, 3.05) is 32.2 Å². The lowest BCUT2D eigenvalue weighted by Gasteiger charge is -2.40. The third-order valence-electron chi connectivity index (χ3n) is 3.02. The summed E-state index contributed by atoms with van der Waals surface area (Å²) in [7, 11) is 3.68. The van der Waals surface area contributed by atoms with Crippen molar-refractivity contribution in [1.82, 2.24) is 10.3 Å². The van der Waals surface area contributed by atoms with Crippen molar-refractivity contribution in [3.63, 3.8) is 0 Å². The molecule has 1 amide bonds. The van der Waals surface area contributed by atoms with Crippen molar-refractivity contribution in [1.29, 1.82) is 5.26 Å². The number of rotatable bonds is 3. The Bertz CT molecular complexity index is 590. The smallest absolute Gasteiger partial charge is 0.252 e. The maximum atomic E-state index is 12.0. The highest BCUT2D eigenvalue weighted by Gasteiger charge is 2.32. The van der Waals surface area contributed by atoms with E-state index in [1.54, 1.807) is 28.1 Å². The molecule has 2 rings (SSSR count). The van der Waals surface area contributed by atoms with E-state index in [0.29, 0.717) is 30.1 Å². The second kappa shape index (κ2) is 5.62. The monoisotopic (exact) mass is 288 g/mol. The lowest BCUT2D eigenvalue weighted by atomic mass is 10.1. The predicted octanol–water partition coefficient (Wildman–Crippen LogP) is 1.13. The minimum absolute atomic E-state index is 0.106. The number of nitrogens with one attached hydrogen (secondary N) is 1. The van der Waals surface area contributed by atoms with Gasteiger partial charge in [-0.1, -0.05) is 0 Å². The number of nitriles is 1. The van der Waals surface area contributed by atoms with Crippen molar-refractivity contribution in [2.24, 2.45) is 0 Å². The molecule has 0 fully saturated rings. The Morgan fingerprint density at radius 3 is 2.86 bits per heavy atom. The summed E-state index contributed by atoms with van der Waals surface area (Å²) in [6.07, 6.45) is 0.